The van der Waals surface area contributed by atoms with Crippen LogP contribution >= 0.6 is 0 Å². The predicted molar refractivity (Wildman–Crippen MR) is 52.8 cm³/mol. The number of nitro groups is 1. The first-order valence-corrected chi connectivity index (χ1v) is 4.51. The molecule has 0 saturated heterocycles. The Morgan fingerprint density at radius 3 is 2.24 bits per heavy atom. The number of carbonyl (C=O) groups is 1. The molecule has 0 saturated carbocycles. The summed E-state index contributed by atoms with van der Waals surface area (Å²) in [7, 11) is 0. The van der Waals surface area contributed by atoms with Crippen LogP contribution in [-0.4, -0.2) is 10.7 Å². The lowest BCUT2D eigenvalue weighted by atomic mass is 10.0. The van der Waals surface area contributed by atoms with Gasteiger partial charge in [-0.1, -0.05) is 0 Å². The van der Waals surface area contributed by atoms with E-state index in [0.717, 1.165) is 19.9 Å². The van der Waals surface area contributed by atoms with E-state index in [1.807, 2.05) is 0 Å². The van der Waals surface area contributed by atoms with Crippen molar-refractivity contribution in [2.24, 2.45) is 0 Å². The van der Waals surface area contributed by atoms with E-state index in [1.54, 1.807) is 0 Å². The molecule has 0 spiro atoms. The van der Waals surface area contributed by atoms with Crippen LogP contribution in [0.1, 0.15) is 28.4 Å². The van der Waals surface area contributed by atoms with Gasteiger partial charge in [0.15, 0.2) is 5.78 Å². The van der Waals surface area contributed by atoms with Gasteiger partial charge >= 0.3 is 6.18 Å². The highest BCUT2D eigenvalue weighted by Gasteiger charge is 2.36. The highest BCUT2D eigenvalue weighted by atomic mass is 19.4. The van der Waals surface area contributed by atoms with Crippen LogP contribution in [0.4, 0.5) is 18.9 Å². The van der Waals surface area contributed by atoms with Crippen molar-refractivity contribution < 1.29 is 22.9 Å². The average molecular weight is 247 g/mol. The fourth-order valence-electron chi connectivity index (χ4n) is 1.39. The minimum absolute atomic E-state index is 0.324. The summed E-state index contributed by atoms with van der Waals surface area (Å²) in [6.07, 6.45) is -4.72. The maximum atomic E-state index is 12.6. The Labute approximate surface area is 94.2 Å². The Morgan fingerprint density at radius 1 is 1.35 bits per heavy atom. The number of carbonyl (C=O) groups excluding carboxylic acids is 1. The number of alkyl halides is 3. The van der Waals surface area contributed by atoms with Gasteiger partial charge in [0.25, 0.3) is 5.69 Å². The number of nitro benzene ring substituents is 1. The van der Waals surface area contributed by atoms with Crippen LogP contribution in [0, 0.1) is 17.0 Å². The topological polar surface area (TPSA) is 60.2 Å². The van der Waals surface area contributed by atoms with Crippen molar-refractivity contribution in [1.29, 1.82) is 0 Å². The second kappa shape index (κ2) is 4.15. The number of hydrogen-bond donors (Lipinski definition) is 0. The molecule has 0 heterocycles. The second-order valence-corrected chi connectivity index (χ2v) is 3.48. The summed E-state index contributed by atoms with van der Waals surface area (Å²) < 4.78 is 37.8. The van der Waals surface area contributed by atoms with Crippen LogP contribution in [0.2, 0.25) is 0 Å². The lowest BCUT2D eigenvalue weighted by Crippen LogP contribution is -2.11. The lowest BCUT2D eigenvalue weighted by Gasteiger charge is -2.11. The summed E-state index contributed by atoms with van der Waals surface area (Å²) in [6.45, 7) is 2.05. The van der Waals surface area contributed by atoms with Crippen molar-refractivity contribution >= 4 is 11.5 Å². The summed E-state index contributed by atoms with van der Waals surface area (Å²) in [5.41, 5.74) is -2.68. The molecule has 1 aromatic rings. The van der Waals surface area contributed by atoms with Crippen molar-refractivity contribution in [2.45, 2.75) is 20.0 Å². The molecule has 1 rings (SSSR count). The van der Waals surface area contributed by atoms with Crippen molar-refractivity contribution in [3.63, 3.8) is 0 Å². The molecule has 17 heavy (non-hydrogen) atoms. The number of benzene rings is 1. The number of nitrogens with zero attached hydrogens (tertiary/aromatic N) is 1. The molecule has 0 aliphatic heterocycles. The maximum Gasteiger partial charge on any atom is 0.416 e. The summed E-state index contributed by atoms with van der Waals surface area (Å²) in [5.74, 6) is -0.654. The number of hydrogen-bond acceptors (Lipinski definition) is 3. The highest BCUT2D eigenvalue weighted by Crippen LogP contribution is 2.36. The first-order valence-electron chi connectivity index (χ1n) is 4.51. The van der Waals surface area contributed by atoms with E-state index < -0.39 is 33.7 Å². The van der Waals surface area contributed by atoms with Crippen LogP contribution < -0.4 is 0 Å². The monoisotopic (exact) mass is 247 g/mol. The predicted octanol–water partition coefficient (Wildman–Crippen LogP) is 3.12. The molecule has 7 heteroatoms. The quantitative estimate of drug-likeness (QED) is 0.458. The van der Waals surface area contributed by atoms with Crippen molar-refractivity contribution in [2.75, 3.05) is 0 Å². The van der Waals surface area contributed by atoms with Crippen molar-refractivity contribution in [3.05, 3.63) is 38.9 Å². The van der Waals surface area contributed by atoms with Gasteiger partial charge in [-0.3, -0.25) is 14.9 Å². The zero-order valence-corrected chi connectivity index (χ0v) is 8.96. The van der Waals surface area contributed by atoms with Crippen LogP contribution in [0.15, 0.2) is 12.1 Å². The normalized spacial score (nSPS) is 11.4. The van der Waals surface area contributed by atoms with Gasteiger partial charge in [-0.15, -0.1) is 0 Å². The fourth-order valence-corrected chi connectivity index (χ4v) is 1.39. The zero-order chi connectivity index (χ0) is 13.4. The van der Waals surface area contributed by atoms with Crippen LogP contribution in [0.3, 0.4) is 0 Å². The molecule has 4 nitrogen and oxygen atoms in total. The third-order valence-electron chi connectivity index (χ3n) is 2.29. The van der Waals surface area contributed by atoms with Crippen LogP contribution in [-0.2, 0) is 6.18 Å². The SMILES string of the molecule is CC(=O)c1cc([N+](=O)[O-])c(C)c(C(F)(F)F)c1. The molecule has 0 aromatic heterocycles. The third-order valence-corrected chi connectivity index (χ3v) is 2.29. The van der Waals surface area contributed by atoms with Crippen LogP contribution in [0.25, 0.3) is 0 Å². The van der Waals surface area contributed by atoms with E-state index in [-0.39, 0.29) is 5.56 Å². The van der Waals surface area contributed by atoms with Gasteiger partial charge in [-0.25, -0.2) is 0 Å². The Kier molecular flexibility index (Phi) is 3.21. The number of ketones is 1. The smallest absolute Gasteiger partial charge is 0.295 e. The first kappa shape index (κ1) is 13.1. The van der Waals surface area contributed by atoms with Gasteiger partial charge in [-0.2, -0.15) is 13.2 Å². The molecular formula is C10H8F3NO3. The van der Waals surface area contributed by atoms with Gasteiger partial charge in [0.1, 0.15) is 0 Å². The third kappa shape index (κ3) is 2.61. The molecule has 0 amide bonds. The molecule has 0 fully saturated rings. The largest absolute Gasteiger partial charge is 0.416 e. The first-order chi connectivity index (χ1) is 7.64. The molecular weight excluding hydrogens is 239 g/mol. The number of rotatable bonds is 2. The van der Waals surface area contributed by atoms with Gasteiger partial charge in [0.05, 0.1) is 10.5 Å². The van der Waals surface area contributed by atoms with E-state index >= 15 is 0 Å². The van der Waals surface area contributed by atoms with E-state index in [1.165, 1.54) is 0 Å². The molecule has 0 aliphatic carbocycles. The van der Waals surface area contributed by atoms with E-state index in [4.69, 9.17) is 0 Å². The molecule has 92 valence electrons. The van der Waals surface area contributed by atoms with E-state index in [2.05, 4.69) is 0 Å². The molecule has 0 unspecified atom stereocenters. The Balaban J connectivity index is 3.60. The Bertz CT molecular complexity index is 494. The fraction of sp³-hybridized carbons (Fsp3) is 0.300. The number of halogens is 3. The van der Waals surface area contributed by atoms with Gasteiger partial charge in [0, 0.05) is 17.2 Å². The molecule has 0 bridgehead atoms. The van der Waals surface area contributed by atoms with Gasteiger partial charge in [-0.05, 0) is 19.9 Å². The minimum atomic E-state index is -4.72. The second-order valence-electron chi connectivity index (χ2n) is 3.48. The minimum Gasteiger partial charge on any atom is -0.295 e. The van der Waals surface area contributed by atoms with Gasteiger partial charge in [0.2, 0.25) is 0 Å². The summed E-state index contributed by atoms with van der Waals surface area (Å²) in [6, 6.07) is 1.48. The van der Waals surface area contributed by atoms with E-state index in [9.17, 15) is 28.1 Å². The summed E-state index contributed by atoms with van der Waals surface area (Å²) in [4.78, 5) is 20.7. The summed E-state index contributed by atoms with van der Waals surface area (Å²) >= 11 is 0. The van der Waals surface area contributed by atoms with Crippen LogP contribution in [0.5, 0.6) is 0 Å². The highest BCUT2D eigenvalue weighted by molar-refractivity contribution is 5.95. The molecule has 1 aromatic carbocycles. The Hall–Kier alpha value is -1.92. The Morgan fingerprint density at radius 2 is 1.88 bits per heavy atom. The van der Waals surface area contributed by atoms with Gasteiger partial charge < -0.3 is 0 Å². The zero-order valence-electron chi connectivity index (χ0n) is 8.96. The molecule has 0 aliphatic rings. The maximum absolute atomic E-state index is 12.6. The average Bonchev–Trinajstić information content (AvgIpc) is 2.15. The van der Waals surface area contributed by atoms with E-state index in [0.29, 0.717) is 6.07 Å². The lowest BCUT2D eigenvalue weighted by molar-refractivity contribution is -0.385. The molecule has 0 radical (unpaired) electrons. The summed E-state index contributed by atoms with van der Waals surface area (Å²) in [5, 5.41) is 10.6. The standard InChI is InChI=1S/C10H8F3NO3/c1-5-8(10(11,12)13)3-7(6(2)15)4-9(5)14(16)17/h3-4H,1-2H3. The number of Topliss-reactive ketones (excluding diaryl/α,β-unsaturated/α-hetero) is 1. The van der Waals surface area contributed by atoms with Crippen molar-refractivity contribution in [3.8, 4) is 0 Å². The molecule has 0 N–H and O–H groups in total. The molecule has 0 atom stereocenters. The van der Waals surface area contributed by atoms with Crippen molar-refractivity contribution in [1.82, 2.24) is 0 Å².